The van der Waals surface area contributed by atoms with Crippen molar-refractivity contribution in [3.63, 3.8) is 0 Å². The monoisotopic (exact) mass is 400 g/mol. The number of likely N-dealkylation sites (tertiary alicyclic amines) is 1. The van der Waals surface area contributed by atoms with Gasteiger partial charge in [0.1, 0.15) is 16.5 Å². The first-order valence-corrected chi connectivity index (χ1v) is 8.57. The number of benzene rings is 2. The van der Waals surface area contributed by atoms with E-state index in [1.165, 1.54) is 0 Å². The molecule has 0 radical (unpaired) electrons. The Balaban J connectivity index is 0.00000225. The molecular weight excluding hydrogens is 383 g/mol. The summed E-state index contributed by atoms with van der Waals surface area (Å²) in [6, 6.07) is 12.2. The predicted octanol–water partition coefficient (Wildman–Crippen LogP) is 4.77. The summed E-state index contributed by atoms with van der Waals surface area (Å²) in [5.74, 6) is 1.06. The van der Waals surface area contributed by atoms with E-state index in [2.05, 4.69) is 0 Å². The quantitative estimate of drug-likeness (QED) is 0.806. The van der Waals surface area contributed by atoms with E-state index in [9.17, 15) is 4.79 Å². The highest BCUT2D eigenvalue weighted by molar-refractivity contribution is 6.42. The number of piperidine rings is 1. The molecule has 1 aliphatic heterocycles. The molecule has 2 N–H and O–H groups in total. The first-order chi connectivity index (χ1) is 11.5. The Hall–Kier alpha value is -1.46. The van der Waals surface area contributed by atoms with E-state index < -0.39 is 0 Å². The van der Waals surface area contributed by atoms with Gasteiger partial charge in [-0.25, -0.2) is 0 Å². The maximum atomic E-state index is 12.5. The second-order valence-corrected chi connectivity index (χ2v) is 6.62. The number of carbonyl (C=O) groups is 1. The highest BCUT2D eigenvalue weighted by Gasteiger charge is 2.22. The van der Waals surface area contributed by atoms with Crippen molar-refractivity contribution in [2.75, 3.05) is 13.1 Å². The zero-order chi connectivity index (χ0) is 17.1. The third kappa shape index (κ3) is 4.79. The Morgan fingerprint density at radius 1 is 1.16 bits per heavy atom. The Labute approximate surface area is 163 Å². The van der Waals surface area contributed by atoms with Gasteiger partial charge in [-0.2, -0.15) is 0 Å². The van der Waals surface area contributed by atoms with Crippen LogP contribution in [0.4, 0.5) is 0 Å². The standard InChI is InChI=1S/C18H18Cl2N2O2.ClH/c19-15-4-1-5-16(17(15)20)24-14-8-6-12(7-9-14)18(23)22-10-2-3-13(21)11-22;/h1,4-9,13H,2-3,10-11,21H2;1H. The van der Waals surface area contributed by atoms with Gasteiger partial charge in [-0.3, -0.25) is 4.79 Å². The molecule has 0 aliphatic carbocycles. The smallest absolute Gasteiger partial charge is 0.253 e. The van der Waals surface area contributed by atoms with Crippen LogP contribution < -0.4 is 10.5 Å². The molecule has 1 saturated heterocycles. The molecular formula is C18H19Cl3N2O2. The molecule has 0 spiro atoms. The van der Waals surface area contributed by atoms with Crippen molar-refractivity contribution in [2.45, 2.75) is 18.9 Å². The molecule has 1 amide bonds. The average Bonchev–Trinajstić information content (AvgIpc) is 2.59. The number of nitrogens with two attached hydrogens (primary N) is 1. The molecule has 1 heterocycles. The topological polar surface area (TPSA) is 55.6 Å². The second kappa shape index (κ2) is 8.77. The van der Waals surface area contributed by atoms with Crippen LogP contribution in [0.1, 0.15) is 23.2 Å². The van der Waals surface area contributed by atoms with Crippen LogP contribution in [0.2, 0.25) is 10.0 Å². The number of carbonyl (C=O) groups excluding carboxylic acids is 1. The Bertz CT molecular complexity index is 738. The lowest BCUT2D eigenvalue weighted by molar-refractivity contribution is 0.0709. The van der Waals surface area contributed by atoms with E-state index in [1.54, 1.807) is 47.4 Å². The van der Waals surface area contributed by atoms with Gasteiger partial charge in [0.05, 0.1) is 5.02 Å². The summed E-state index contributed by atoms with van der Waals surface area (Å²) in [6.45, 7) is 1.36. The minimum absolute atomic E-state index is 0. The lowest BCUT2D eigenvalue weighted by atomic mass is 10.1. The van der Waals surface area contributed by atoms with Crippen LogP contribution in [0, 0.1) is 0 Å². The van der Waals surface area contributed by atoms with Gasteiger partial charge < -0.3 is 15.4 Å². The van der Waals surface area contributed by atoms with Gasteiger partial charge in [0.2, 0.25) is 0 Å². The number of rotatable bonds is 3. The number of hydrogen-bond acceptors (Lipinski definition) is 3. The van der Waals surface area contributed by atoms with Crippen molar-refractivity contribution < 1.29 is 9.53 Å². The van der Waals surface area contributed by atoms with Crippen LogP contribution in [0.15, 0.2) is 42.5 Å². The largest absolute Gasteiger partial charge is 0.456 e. The van der Waals surface area contributed by atoms with Crippen molar-refractivity contribution in [1.82, 2.24) is 4.90 Å². The summed E-state index contributed by atoms with van der Waals surface area (Å²) in [7, 11) is 0. The molecule has 0 bridgehead atoms. The number of nitrogens with zero attached hydrogens (tertiary/aromatic N) is 1. The van der Waals surface area contributed by atoms with E-state index in [-0.39, 0.29) is 24.4 Å². The van der Waals surface area contributed by atoms with E-state index in [1.807, 2.05) is 0 Å². The van der Waals surface area contributed by atoms with Crippen LogP contribution in [-0.2, 0) is 0 Å². The molecule has 25 heavy (non-hydrogen) atoms. The number of hydrogen-bond donors (Lipinski definition) is 1. The lowest BCUT2D eigenvalue weighted by Gasteiger charge is -2.30. The molecule has 7 heteroatoms. The highest BCUT2D eigenvalue weighted by atomic mass is 35.5. The van der Waals surface area contributed by atoms with Crippen molar-refractivity contribution in [1.29, 1.82) is 0 Å². The fraction of sp³-hybridized carbons (Fsp3) is 0.278. The average molecular weight is 402 g/mol. The van der Waals surface area contributed by atoms with Crippen LogP contribution in [0.3, 0.4) is 0 Å². The number of ether oxygens (including phenoxy) is 1. The van der Waals surface area contributed by atoms with Gasteiger partial charge in [0, 0.05) is 24.7 Å². The first-order valence-electron chi connectivity index (χ1n) is 7.81. The summed E-state index contributed by atoms with van der Waals surface area (Å²) in [5, 5.41) is 0.795. The summed E-state index contributed by atoms with van der Waals surface area (Å²) in [6.07, 6.45) is 1.91. The van der Waals surface area contributed by atoms with Gasteiger partial charge >= 0.3 is 0 Å². The van der Waals surface area contributed by atoms with E-state index in [0.29, 0.717) is 33.7 Å². The minimum atomic E-state index is -0.00233. The van der Waals surface area contributed by atoms with Crippen LogP contribution in [0.25, 0.3) is 0 Å². The van der Waals surface area contributed by atoms with Crippen LogP contribution in [-0.4, -0.2) is 29.9 Å². The predicted molar refractivity (Wildman–Crippen MR) is 103 cm³/mol. The maximum Gasteiger partial charge on any atom is 0.253 e. The normalized spacial score (nSPS) is 16.9. The van der Waals surface area contributed by atoms with Crippen molar-refractivity contribution in [3.8, 4) is 11.5 Å². The van der Waals surface area contributed by atoms with E-state index in [4.69, 9.17) is 33.7 Å². The zero-order valence-corrected chi connectivity index (χ0v) is 15.8. The number of amides is 1. The van der Waals surface area contributed by atoms with Crippen molar-refractivity contribution in [3.05, 3.63) is 58.1 Å². The van der Waals surface area contributed by atoms with Gasteiger partial charge in [0.15, 0.2) is 0 Å². The molecule has 0 saturated carbocycles. The number of halogens is 3. The SMILES string of the molecule is Cl.NC1CCCN(C(=O)c2ccc(Oc3cccc(Cl)c3Cl)cc2)C1. The summed E-state index contributed by atoms with van der Waals surface area (Å²) in [5.41, 5.74) is 6.56. The molecule has 1 fully saturated rings. The highest BCUT2D eigenvalue weighted by Crippen LogP contribution is 2.34. The van der Waals surface area contributed by atoms with Crippen LogP contribution >= 0.6 is 35.6 Å². The van der Waals surface area contributed by atoms with Crippen molar-refractivity contribution >= 4 is 41.5 Å². The Morgan fingerprint density at radius 2 is 1.88 bits per heavy atom. The molecule has 2 aromatic rings. The Morgan fingerprint density at radius 3 is 2.56 bits per heavy atom. The molecule has 1 unspecified atom stereocenters. The fourth-order valence-corrected chi connectivity index (χ4v) is 3.06. The van der Waals surface area contributed by atoms with Gasteiger partial charge in [-0.1, -0.05) is 29.3 Å². The molecule has 134 valence electrons. The lowest BCUT2D eigenvalue weighted by Crippen LogP contribution is -2.45. The molecule has 4 nitrogen and oxygen atoms in total. The molecule has 1 aliphatic rings. The molecule has 2 aromatic carbocycles. The van der Waals surface area contributed by atoms with E-state index >= 15 is 0 Å². The summed E-state index contributed by atoms with van der Waals surface area (Å²) < 4.78 is 5.73. The molecule has 0 aromatic heterocycles. The second-order valence-electron chi connectivity index (χ2n) is 5.83. The molecule has 1 atom stereocenters. The van der Waals surface area contributed by atoms with E-state index in [0.717, 1.165) is 19.4 Å². The first kappa shape index (κ1) is 19.9. The summed E-state index contributed by atoms with van der Waals surface area (Å²) in [4.78, 5) is 14.3. The van der Waals surface area contributed by atoms with Gasteiger partial charge in [-0.15, -0.1) is 12.4 Å². The van der Waals surface area contributed by atoms with Gasteiger partial charge in [-0.05, 0) is 49.2 Å². The maximum absolute atomic E-state index is 12.5. The van der Waals surface area contributed by atoms with Gasteiger partial charge in [0.25, 0.3) is 5.91 Å². The molecule has 3 rings (SSSR count). The Kier molecular flexibility index (Phi) is 6.96. The fourth-order valence-electron chi connectivity index (χ4n) is 2.73. The van der Waals surface area contributed by atoms with Crippen molar-refractivity contribution in [2.24, 2.45) is 5.73 Å². The minimum Gasteiger partial charge on any atom is -0.456 e. The third-order valence-corrected chi connectivity index (χ3v) is 4.79. The summed E-state index contributed by atoms with van der Waals surface area (Å²) >= 11 is 12.1. The van der Waals surface area contributed by atoms with Crippen LogP contribution in [0.5, 0.6) is 11.5 Å². The third-order valence-electron chi connectivity index (χ3n) is 3.99. The zero-order valence-electron chi connectivity index (χ0n) is 13.5.